The third-order valence-electron chi connectivity index (χ3n) is 4.12. The van der Waals surface area contributed by atoms with Gasteiger partial charge < -0.3 is 15.1 Å². The summed E-state index contributed by atoms with van der Waals surface area (Å²) in [5.41, 5.74) is 0.590. The van der Waals surface area contributed by atoms with E-state index in [1.807, 2.05) is 11.0 Å². The first kappa shape index (κ1) is 16.2. The van der Waals surface area contributed by atoms with Crippen molar-refractivity contribution in [3.63, 3.8) is 0 Å². The van der Waals surface area contributed by atoms with Crippen LogP contribution in [0.3, 0.4) is 0 Å². The predicted octanol–water partition coefficient (Wildman–Crippen LogP) is 1.90. The Labute approximate surface area is 140 Å². The summed E-state index contributed by atoms with van der Waals surface area (Å²) >= 11 is 0. The molecule has 6 nitrogen and oxygen atoms in total. The number of aromatic nitrogens is 2. The van der Waals surface area contributed by atoms with E-state index in [1.165, 1.54) is 12.4 Å². The molecule has 1 fully saturated rings. The Hall–Kier alpha value is -2.70. The highest BCUT2D eigenvalue weighted by molar-refractivity contribution is 5.73. The lowest BCUT2D eigenvalue weighted by molar-refractivity contribution is -0.129. The van der Waals surface area contributed by atoms with Crippen molar-refractivity contribution in [3.8, 4) is 0 Å². The van der Waals surface area contributed by atoms with Gasteiger partial charge in [0.05, 0.1) is 0 Å². The zero-order chi connectivity index (χ0) is 16.9. The molecule has 1 amide bonds. The zero-order valence-electron chi connectivity index (χ0n) is 13.6. The molecule has 1 saturated heterocycles. The van der Waals surface area contributed by atoms with Gasteiger partial charge in [0, 0.05) is 51.3 Å². The summed E-state index contributed by atoms with van der Waals surface area (Å²) in [5, 5.41) is 3.13. The molecule has 3 rings (SSSR count). The Bertz CT molecular complexity index is 716. The molecule has 7 heteroatoms. The third kappa shape index (κ3) is 3.79. The van der Waals surface area contributed by atoms with Gasteiger partial charge in [-0.1, -0.05) is 18.2 Å². The molecule has 1 aliphatic heterocycles. The Morgan fingerprint density at radius 2 is 1.96 bits per heavy atom. The molecule has 0 spiro atoms. The molecule has 1 aromatic carbocycles. The van der Waals surface area contributed by atoms with Crippen LogP contribution in [0.25, 0.3) is 0 Å². The molecule has 0 saturated carbocycles. The summed E-state index contributed by atoms with van der Waals surface area (Å²) in [4.78, 5) is 23.8. The van der Waals surface area contributed by atoms with Crippen LogP contribution in [0.2, 0.25) is 0 Å². The zero-order valence-corrected chi connectivity index (χ0v) is 13.6. The highest BCUT2D eigenvalue weighted by Crippen LogP contribution is 2.17. The fourth-order valence-electron chi connectivity index (χ4n) is 2.69. The largest absolute Gasteiger partial charge is 0.366 e. The monoisotopic (exact) mass is 329 g/mol. The summed E-state index contributed by atoms with van der Waals surface area (Å²) in [6, 6.07) is 8.51. The van der Waals surface area contributed by atoms with E-state index in [2.05, 4.69) is 20.2 Å². The predicted molar refractivity (Wildman–Crippen MR) is 90.2 cm³/mol. The molecule has 0 radical (unpaired) electrons. The minimum absolute atomic E-state index is 0.101. The van der Waals surface area contributed by atoms with Crippen LogP contribution in [0, 0.1) is 5.82 Å². The molecule has 24 heavy (non-hydrogen) atoms. The SMILES string of the molecule is CC(=O)N1CCN(c2cc(NCc3ccccc3F)ncn2)CC1. The lowest BCUT2D eigenvalue weighted by atomic mass is 10.2. The van der Waals surface area contributed by atoms with Gasteiger partial charge in [0.15, 0.2) is 0 Å². The maximum absolute atomic E-state index is 13.7. The van der Waals surface area contributed by atoms with Crippen molar-refractivity contribution in [1.82, 2.24) is 14.9 Å². The van der Waals surface area contributed by atoms with E-state index in [9.17, 15) is 9.18 Å². The van der Waals surface area contributed by atoms with Gasteiger partial charge in [-0.05, 0) is 6.07 Å². The number of hydrogen-bond acceptors (Lipinski definition) is 5. The van der Waals surface area contributed by atoms with Crippen molar-refractivity contribution in [2.75, 3.05) is 36.4 Å². The first-order valence-electron chi connectivity index (χ1n) is 7.93. The van der Waals surface area contributed by atoms with Gasteiger partial charge in [-0.2, -0.15) is 0 Å². The lowest BCUT2D eigenvalue weighted by Crippen LogP contribution is -2.48. The Morgan fingerprint density at radius 1 is 1.21 bits per heavy atom. The number of piperazine rings is 1. The number of carbonyl (C=O) groups excluding carboxylic acids is 1. The van der Waals surface area contributed by atoms with Crippen LogP contribution in [0.1, 0.15) is 12.5 Å². The summed E-state index contributed by atoms with van der Waals surface area (Å²) in [7, 11) is 0. The van der Waals surface area contributed by atoms with E-state index in [0.29, 0.717) is 31.0 Å². The van der Waals surface area contributed by atoms with Crippen LogP contribution in [0.15, 0.2) is 36.7 Å². The number of nitrogens with one attached hydrogen (secondary N) is 1. The molecule has 126 valence electrons. The number of anilines is 2. The van der Waals surface area contributed by atoms with Gasteiger partial charge in [-0.15, -0.1) is 0 Å². The van der Waals surface area contributed by atoms with E-state index >= 15 is 0 Å². The summed E-state index contributed by atoms with van der Waals surface area (Å²) < 4.78 is 13.7. The molecule has 1 aromatic heterocycles. The van der Waals surface area contributed by atoms with Crippen molar-refractivity contribution in [1.29, 1.82) is 0 Å². The van der Waals surface area contributed by atoms with Crippen molar-refractivity contribution in [2.45, 2.75) is 13.5 Å². The van der Waals surface area contributed by atoms with Crippen LogP contribution in [0.4, 0.5) is 16.0 Å². The van der Waals surface area contributed by atoms with Crippen molar-refractivity contribution < 1.29 is 9.18 Å². The van der Waals surface area contributed by atoms with Gasteiger partial charge in [-0.25, -0.2) is 14.4 Å². The minimum atomic E-state index is -0.236. The average molecular weight is 329 g/mol. The molecule has 2 aromatic rings. The van der Waals surface area contributed by atoms with Crippen LogP contribution in [-0.4, -0.2) is 47.0 Å². The number of halogens is 1. The number of benzene rings is 1. The molecule has 0 bridgehead atoms. The van der Waals surface area contributed by atoms with Crippen LogP contribution >= 0.6 is 0 Å². The fraction of sp³-hybridized carbons (Fsp3) is 0.353. The minimum Gasteiger partial charge on any atom is -0.366 e. The molecular weight excluding hydrogens is 309 g/mol. The number of amides is 1. The second kappa shape index (κ2) is 7.25. The topological polar surface area (TPSA) is 61.4 Å². The van der Waals surface area contributed by atoms with Gasteiger partial charge in [0.25, 0.3) is 0 Å². The molecule has 0 unspecified atom stereocenters. The smallest absolute Gasteiger partial charge is 0.219 e. The van der Waals surface area contributed by atoms with Crippen LogP contribution < -0.4 is 10.2 Å². The van der Waals surface area contributed by atoms with Crippen molar-refractivity contribution in [2.24, 2.45) is 0 Å². The summed E-state index contributed by atoms with van der Waals surface area (Å²) in [6.45, 7) is 4.81. The first-order valence-corrected chi connectivity index (χ1v) is 7.93. The standard InChI is InChI=1S/C17H20FN5O/c1-13(24)22-6-8-23(9-7-22)17-10-16(20-12-21-17)19-11-14-4-2-3-5-15(14)18/h2-5,10,12H,6-9,11H2,1H3,(H,19,20,21). The highest BCUT2D eigenvalue weighted by Gasteiger charge is 2.19. The molecule has 1 aliphatic rings. The third-order valence-corrected chi connectivity index (χ3v) is 4.12. The van der Waals surface area contributed by atoms with E-state index in [4.69, 9.17) is 0 Å². The van der Waals surface area contributed by atoms with Crippen LogP contribution in [-0.2, 0) is 11.3 Å². The Kier molecular flexibility index (Phi) is 4.88. The maximum Gasteiger partial charge on any atom is 0.219 e. The second-order valence-electron chi connectivity index (χ2n) is 5.70. The van der Waals surface area contributed by atoms with E-state index in [1.54, 1.807) is 25.1 Å². The van der Waals surface area contributed by atoms with Gasteiger partial charge in [0.1, 0.15) is 23.8 Å². The van der Waals surface area contributed by atoms with E-state index in [0.717, 1.165) is 18.9 Å². The average Bonchev–Trinajstić information content (AvgIpc) is 2.61. The van der Waals surface area contributed by atoms with Crippen molar-refractivity contribution >= 4 is 17.5 Å². The summed E-state index contributed by atoms with van der Waals surface area (Å²) in [5.74, 6) is 1.32. The molecule has 2 heterocycles. The highest BCUT2D eigenvalue weighted by atomic mass is 19.1. The lowest BCUT2D eigenvalue weighted by Gasteiger charge is -2.34. The van der Waals surface area contributed by atoms with Crippen molar-refractivity contribution in [3.05, 3.63) is 48.0 Å². The van der Waals surface area contributed by atoms with Crippen LogP contribution in [0.5, 0.6) is 0 Å². The number of carbonyl (C=O) groups is 1. The van der Waals surface area contributed by atoms with Gasteiger partial charge >= 0.3 is 0 Å². The first-order chi connectivity index (χ1) is 11.6. The number of nitrogens with zero attached hydrogens (tertiary/aromatic N) is 4. The van der Waals surface area contributed by atoms with Gasteiger partial charge in [-0.3, -0.25) is 4.79 Å². The van der Waals surface area contributed by atoms with Gasteiger partial charge in [0.2, 0.25) is 5.91 Å². The summed E-state index contributed by atoms with van der Waals surface area (Å²) in [6.07, 6.45) is 1.50. The Morgan fingerprint density at radius 3 is 2.67 bits per heavy atom. The fourth-order valence-corrected chi connectivity index (χ4v) is 2.69. The number of hydrogen-bond donors (Lipinski definition) is 1. The molecular formula is C17H20FN5O. The Balaban J connectivity index is 1.62. The van der Waals surface area contributed by atoms with E-state index < -0.39 is 0 Å². The normalized spacial score (nSPS) is 14.6. The quantitative estimate of drug-likeness (QED) is 0.928. The van der Waals surface area contributed by atoms with E-state index in [-0.39, 0.29) is 11.7 Å². The second-order valence-corrected chi connectivity index (χ2v) is 5.70. The molecule has 0 aliphatic carbocycles. The maximum atomic E-state index is 13.7. The number of rotatable bonds is 4. The molecule has 0 atom stereocenters. The molecule has 1 N–H and O–H groups in total.